The van der Waals surface area contributed by atoms with Gasteiger partial charge in [0.25, 0.3) is 5.91 Å². The van der Waals surface area contributed by atoms with Gasteiger partial charge in [-0.2, -0.15) is 4.31 Å². The van der Waals surface area contributed by atoms with Crippen LogP contribution >= 0.6 is 0 Å². The van der Waals surface area contributed by atoms with Gasteiger partial charge in [0.2, 0.25) is 15.9 Å². The van der Waals surface area contributed by atoms with Crippen LogP contribution in [-0.4, -0.2) is 48.3 Å². The quantitative estimate of drug-likeness (QED) is 0.703. The van der Waals surface area contributed by atoms with E-state index in [4.69, 9.17) is 4.52 Å². The number of benzene rings is 1. The van der Waals surface area contributed by atoms with E-state index < -0.39 is 10.0 Å². The van der Waals surface area contributed by atoms with Crippen LogP contribution in [-0.2, 0) is 14.8 Å². The Bertz CT molecular complexity index is 1080. The molecule has 31 heavy (non-hydrogen) atoms. The van der Waals surface area contributed by atoms with Crippen molar-refractivity contribution in [1.82, 2.24) is 14.8 Å². The predicted octanol–water partition coefficient (Wildman–Crippen LogP) is 2.48. The molecule has 10 heteroatoms. The minimum atomic E-state index is -3.68. The second-order valence-electron chi connectivity index (χ2n) is 8.25. The summed E-state index contributed by atoms with van der Waals surface area (Å²) in [4.78, 5) is 23.8. The van der Waals surface area contributed by atoms with E-state index in [0.717, 1.165) is 18.6 Å². The minimum absolute atomic E-state index is 0.142. The predicted molar refractivity (Wildman–Crippen MR) is 113 cm³/mol. The molecule has 1 aromatic carbocycles. The summed E-state index contributed by atoms with van der Waals surface area (Å²) in [6.07, 6.45) is 3.14. The number of nitrogens with one attached hydrogen (secondary N) is 2. The van der Waals surface area contributed by atoms with Crippen molar-refractivity contribution in [2.75, 3.05) is 11.9 Å². The molecule has 0 radical (unpaired) electrons. The smallest absolute Gasteiger partial charge is 0.273 e. The number of carbonyl (C=O) groups is 2. The summed E-state index contributed by atoms with van der Waals surface area (Å²) in [5.41, 5.74) is 0.808. The van der Waals surface area contributed by atoms with Crippen LogP contribution in [0.2, 0.25) is 0 Å². The molecule has 0 unspecified atom stereocenters. The Morgan fingerprint density at radius 1 is 1.16 bits per heavy atom. The minimum Gasteiger partial charge on any atom is -0.360 e. The van der Waals surface area contributed by atoms with Crippen molar-refractivity contribution in [1.29, 1.82) is 0 Å². The Kier molecular flexibility index (Phi) is 5.85. The molecule has 2 aromatic rings. The van der Waals surface area contributed by atoms with Crippen LogP contribution < -0.4 is 10.6 Å². The summed E-state index contributed by atoms with van der Waals surface area (Å²) in [6.45, 7) is 3.53. The van der Waals surface area contributed by atoms with Gasteiger partial charge in [-0.25, -0.2) is 8.42 Å². The maximum absolute atomic E-state index is 13.1. The van der Waals surface area contributed by atoms with Gasteiger partial charge >= 0.3 is 0 Å². The van der Waals surface area contributed by atoms with E-state index >= 15 is 0 Å². The molecule has 2 amide bonds. The van der Waals surface area contributed by atoms with Crippen molar-refractivity contribution >= 4 is 27.5 Å². The van der Waals surface area contributed by atoms with Gasteiger partial charge in [0.1, 0.15) is 5.76 Å². The molecule has 2 heterocycles. The summed E-state index contributed by atoms with van der Waals surface area (Å²) < 4.78 is 32.9. The molecule has 0 bridgehead atoms. The zero-order valence-electron chi connectivity index (χ0n) is 17.5. The summed E-state index contributed by atoms with van der Waals surface area (Å²) in [5.74, 6) is 0.624. The Labute approximate surface area is 181 Å². The number of rotatable bonds is 6. The molecule has 0 spiro atoms. The first-order valence-corrected chi connectivity index (χ1v) is 11.8. The van der Waals surface area contributed by atoms with Gasteiger partial charge in [-0.05, 0) is 56.9 Å². The van der Waals surface area contributed by atoms with E-state index in [1.165, 1.54) is 23.4 Å². The molecule has 1 saturated carbocycles. The lowest BCUT2D eigenvalue weighted by atomic mass is 10.0. The van der Waals surface area contributed by atoms with Crippen molar-refractivity contribution < 1.29 is 22.5 Å². The van der Waals surface area contributed by atoms with Gasteiger partial charge in [0.15, 0.2) is 5.69 Å². The largest absolute Gasteiger partial charge is 0.360 e. The van der Waals surface area contributed by atoms with Crippen LogP contribution in [0.25, 0.3) is 0 Å². The molecule has 2 atom stereocenters. The van der Waals surface area contributed by atoms with E-state index in [9.17, 15) is 18.0 Å². The molecule has 166 valence electrons. The fourth-order valence-electron chi connectivity index (χ4n) is 3.90. The molecule has 2 fully saturated rings. The first kappa shape index (κ1) is 21.5. The maximum atomic E-state index is 13.1. The summed E-state index contributed by atoms with van der Waals surface area (Å²) in [5, 5.41) is 9.43. The van der Waals surface area contributed by atoms with Crippen LogP contribution in [0.5, 0.6) is 0 Å². The van der Waals surface area contributed by atoms with Gasteiger partial charge in [-0.3, -0.25) is 9.59 Å². The summed E-state index contributed by atoms with van der Waals surface area (Å²) in [7, 11) is -3.68. The van der Waals surface area contributed by atoms with E-state index in [0.29, 0.717) is 31.0 Å². The molecule has 9 nitrogen and oxygen atoms in total. The van der Waals surface area contributed by atoms with Crippen molar-refractivity contribution in [3.05, 3.63) is 41.8 Å². The average Bonchev–Trinajstić information content (AvgIpc) is 3.44. The Morgan fingerprint density at radius 2 is 1.87 bits per heavy atom. The number of sulfonamides is 1. The number of anilines is 1. The number of piperidine rings is 1. The Balaban J connectivity index is 1.37. The Hall–Kier alpha value is -2.72. The van der Waals surface area contributed by atoms with E-state index in [1.54, 1.807) is 18.2 Å². The molecule has 1 aromatic heterocycles. The highest BCUT2D eigenvalue weighted by molar-refractivity contribution is 7.89. The van der Waals surface area contributed by atoms with Crippen LogP contribution in [0.3, 0.4) is 0 Å². The van der Waals surface area contributed by atoms with Crippen molar-refractivity contribution in [3.8, 4) is 0 Å². The standard InChI is InChI=1S/C21H26N4O5S/c1-13-11-17(23-21(27)19-12-20(30-24-19)15-3-4-15)9-10-25(13)31(28,29)18-7-5-16(6-8-18)22-14(2)26/h5-8,12-13,15,17H,3-4,9-11H2,1-2H3,(H,22,26)(H,23,27)/t13-,17+/m1/s1. The van der Waals surface area contributed by atoms with Crippen molar-refractivity contribution in [3.63, 3.8) is 0 Å². The fourth-order valence-corrected chi connectivity index (χ4v) is 5.56. The first-order valence-electron chi connectivity index (χ1n) is 10.4. The molecule has 1 aliphatic heterocycles. The third-order valence-corrected chi connectivity index (χ3v) is 7.70. The van der Waals surface area contributed by atoms with Gasteiger partial charge in [-0.1, -0.05) is 5.16 Å². The highest BCUT2D eigenvalue weighted by Crippen LogP contribution is 2.40. The van der Waals surface area contributed by atoms with Gasteiger partial charge in [0, 0.05) is 43.2 Å². The van der Waals surface area contributed by atoms with Gasteiger partial charge in [0.05, 0.1) is 4.90 Å². The zero-order valence-corrected chi connectivity index (χ0v) is 18.3. The van der Waals surface area contributed by atoms with Crippen LogP contribution in [0, 0.1) is 0 Å². The zero-order chi connectivity index (χ0) is 22.2. The van der Waals surface area contributed by atoms with Crippen molar-refractivity contribution in [2.45, 2.75) is 62.4 Å². The van der Waals surface area contributed by atoms with E-state index in [1.807, 2.05) is 6.92 Å². The third kappa shape index (κ3) is 4.80. The van der Waals surface area contributed by atoms with E-state index in [2.05, 4.69) is 15.8 Å². The van der Waals surface area contributed by atoms with Crippen molar-refractivity contribution in [2.24, 2.45) is 0 Å². The number of hydrogen-bond donors (Lipinski definition) is 2. The molecule has 2 N–H and O–H groups in total. The average molecular weight is 447 g/mol. The lowest BCUT2D eigenvalue weighted by molar-refractivity contribution is -0.114. The molecular formula is C21H26N4O5S. The molecule has 2 aliphatic rings. The first-order chi connectivity index (χ1) is 14.7. The highest BCUT2D eigenvalue weighted by atomic mass is 32.2. The van der Waals surface area contributed by atoms with E-state index in [-0.39, 0.29) is 34.5 Å². The number of nitrogens with zero attached hydrogens (tertiary/aromatic N) is 2. The van der Waals surface area contributed by atoms with Crippen LogP contribution in [0.1, 0.15) is 61.7 Å². The lowest BCUT2D eigenvalue weighted by Gasteiger charge is -2.36. The summed E-state index contributed by atoms with van der Waals surface area (Å²) in [6, 6.07) is 7.39. The number of aromatic nitrogens is 1. The number of amides is 2. The number of hydrogen-bond acceptors (Lipinski definition) is 6. The monoisotopic (exact) mass is 446 g/mol. The topological polar surface area (TPSA) is 122 Å². The molecule has 1 saturated heterocycles. The Morgan fingerprint density at radius 3 is 2.48 bits per heavy atom. The SMILES string of the molecule is CC(=O)Nc1ccc(S(=O)(=O)N2CC[C@H](NC(=O)c3cc(C4CC4)on3)C[C@H]2C)cc1. The molecule has 4 rings (SSSR count). The lowest BCUT2D eigenvalue weighted by Crippen LogP contribution is -2.50. The second kappa shape index (κ2) is 8.43. The summed E-state index contributed by atoms with van der Waals surface area (Å²) >= 11 is 0. The van der Waals surface area contributed by atoms with Gasteiger partial charge in [-0.15, -0.1) is 0 Å². The highest BCUT2D eigenvalue weighted by Gasteiger charge is 2.35. The maximum Gasteiger partial charge on any atom is 0.273 e. The molecular weight excluding hydrogens is 420 g/mol. The van der Waals surface area contributed by atoms with Crippen LogP contribution in [0.4, 0.5) is 5.69 Å². The van der Waals surface area contributed by atoms with Crippen LogP contribution in [0.15, 0.2) is 39.8 Å². The third-order valence-electron chi connectivity index (χ3n) is 5.67. The normalized spacial score (nSPS) is 22.1. The second-order valence-corrected chi connectivity index (χ2v) is 10.1. The van der Waals surface area contributed by atoms with Gasteiger partial charge < -0.3 is 15.2 Å². The molecule has 1 aliphatic carbocycles. The number of carbonyl (C=O) groups excluding carboxylic acids is 2. The fraction of sp³-hybridized carbons (Fsp3) is 0.476.